The number of aryl methyl sites for hydroxylation is 1. The molecule has 1 atom stereocenters. The lowest BCUT2D eigenvalue weighted by atomic mass is 9.71. The van der Waals surface area contributed by atoms with E-state index in [2.05, 4.69) is 15.7 Å². The number of carbonyl (C=O) groups excluding carboxylic acids is 2. The van der Waals surface area contributed by atoms with E-state index in [4.69, 9.17) is 11.6 Å². The van der Waals surface area contributed by atoms with Gasteiger partial charge in [-0.25, -0.2) is 4.68 Å². The maximum atomic E-state index is 13.1. The molecule has 0 unspecified atom stereocenters. The fraction of sp³-hybridized carbons (Fsp3) is 0.150. The van der Waals surface area contributed by atoms with E-state index in [1.807, 2.05) is 37.3 Å². The van der Waals surface area contributed by atoms with Crippen LogP contribution in [0.1, 0.15) is 23.1 Å². The summed E-state index contributed by atoms with van der Waals surface area (Å²) in [6, 6.07) is 13.0. The fourth-order valence-corrected chi connectivity index (χ4v) is 4.20. The van der Waals surface area contributed by atoms with Crippen molar-refractivity contribution in [2.75, 3.05) is 10.6 Å². The minimum atomic E-state index is -1.07. The highest BCUT2D eigenvalue weighted by atomic mass is 35.5. The number of nitrogens with zero attached hydrogens (tertiary/aromatic N) is 2. The van der Waals surface area contributed by atoms with Crippen molar-refractivity contribution < 1.29 is 9.59 Å². The van der Waals surface area contributed by atoms with Crippen LogP contribution in [0.5, 0.6) is 0 Å². The topological polar surface area (TPSA) is 76.0 Å². The van der Waals surface area contributed by atoms with Gasteiger partial charge in [-0.3, -0.25) is 9.59 Å². The van der Waals surface area contributed by atoms with E-state index in [0.717, 1.165) is 16.8 Å². The standard InChI is InChI=1S/C20H15ClN4O2/c1-11-5-6-16-14(7-11)20(19(27)23-16)9-17(26)24-18-15(20)10-22-25(18)13-4-2-3-12(21)8-13/h2-8,10H,9H2,1H3,(H,23,27)(H,24,26)/t20-/m0/s1. The summed E-state index contributed by atoms with van der Waals surface area (Å²) in [4.78, 5) is 25.7. The van der Waals surface area contributed by atoms with E-state index < -0.39 is 5.41 Å². The van der Waals surface area contributed by atoms with Gasteiger partial charge in [0.1, 0.15) is 11.2 Å². The van der Waals surface area contributed by atoms with Gasteiger partial charge in [-0.05, 0) is 36.8 Å². The Bertz CT molecular complexity index is 1140. The molecule has 0 aliphatic carbocycles. The Morgan fingerprint density at radius 3 is 2.78 bits per heavy atom. The number of rotatable bonds is 1. The second kappa shape index (κ2) is 5.44. The van der Waals surface area contributed by atoms with E-state index in [0.29, 0.717) is 22.1 Å². The van der Waals surface area contributed by atoms with Gasteiger partial charge in [0.2, 0.25) is 11.8 Å². The van der Waals surface area contributed by atoms with Crippen LogP contribution in [-0.2, 0) is 15.0 Å². The van der Waals surface area contributed by atoms with Crippen molar-refractivity contribution in [3.05, 3.63) is 70.4 Å². The van der Waals surface area contributed by atoms with Gasteiger partial charge in [-0.2, -0.15) is 5.10 Å². The van der Waals surface area contributed by atoms with E-state index in [1.165, 1.54) is 0 Å². The fourth-order valence-electron chi connectivity index (χ4n) is 4.01. The molecule has 6 nitrogen and oxygen atoms in total. The largest absolute Gasteiger partial charge is 0.325 e. The van der Waals surface area contributed by atoms with E-state index in [9.17, 15) is 9.59 Å². The van der Waals surface area contributed by atoms with Crippen molar-refractivity contribution in [1.82, 2.24) is 9.78 Å². The van der Waals surface area contributed by atoms with Crippen LogP contribution >= 0.6 is 11.6 Å². The molecular formula is C20H15ClN4O2. The zero-order valence-corrected chi connectivity index (χ0v) is 15.2. The zero-order valence-electron chi connectivity index (χ0n) is 14.4. The number of halogens is 1. The number of hydrogen-bond acceptors (Lipinski definition) is 3. The van der Waals surface area contributed by atoms with Crippen molar-refractivity contribution in [2.45, 2.75) is 18.8 Å². The van der Waals surface area contributed by atoms with Crippen molar-refractivity contribution in [3.63, 3.8) is 0 Å². The average molecular weight is 379 g/mol. The van der Waals surface area contributed by atoms with Gasteiger partial charge in [0.05, 0.1) is 11.9 Å². The number of nitrogens with one attached hydrogen (secondary N) is 2. The smallest absolute Gasteiger partial charge is 0.240 e. The van der Waals surface area contributed by atoms with Crippen molar-refractivity contribution >= 4 is 34.9 Å². The van der Waals surface area contributed by atoms with Gasteiger partial charge >= 0.3 is 0 Å². The van der Waals surface area contributed by atoms with Gasteiger partial charge in [0.25, 0.3) is 0 Å². The first kappa shape index (κ1) is 16.1. The van der Waals surface area contributed by atoms with Crippen molar-refractivity contribution in [3.8, 4) is 5.69 Å². The molecule has 2 aliphatic heterocycles. The van der Waals surface area contributed by atoms with Crippen LogP contribution in [0.4, 0.5) is 11.5 Å². The number of aromatic nitrogens is 2. The maximum absolute atomic E-state index is 13.1. The zero-order chi connectivity index (χ0) is 18.8. The molecule has 0 radical (unpaired) electrons. The molecule has 27 heavy (non-hydrogen) atoms. The summed E-state index contributed by atoms with van der Waals surface area (Å²) in [6.45, 7) is 1.97. The quantitative estimate of drug-likeness (QED) is 0.681. The average Bonchev–Trinajstić information content (AvgIpc) is 3.16. The molecule has 0 saturated heterocycles. The lowest BCUT2D eigenvalue weighted by molar-refractivity contribution is -0.125. The van der Waals surface area contributed by atoms with Crippen LogP contribution in [-0.4, -0.2) is 21.6 Å². The highest BCUT2D eigenvalue weighted by Crippen LogP contribution is 2.50. The monoisotopic (exact) mass is 378 g/mol. The predicted molar refractivity (Wildman–Crippen MR) is 102 cm³/mol. The Kier molecular flexibility index (Phi) is 3.24. The molecule has 1 spiro atoms. The molecule has 2 N–H and O–H groups in total. The molecule has 0 saturated carbocycles. The van der Waals surface area contributed by atoms with Crippen LogP contribution in [0.3, 0.4) is 0 Å². The Morgan fingerprint density at radius 2 is 1.96 bits per heavy atom. The third-order valence-corrected chi connectivity index (χ3v) is 5.47. The second-order valence-electron chi connectivity index (χ2n) is 6.93. The molecule has 5 rings (SSSR count). The highest BCUT2D eigenvalue weighted by molar-refractivity contribution is 6.30. The molecule has 3 heterocycles. The minimum absolute atomic E-state index is 0.0452. The lowest BCUT2D eigenvalue weighted by Gasteiger charge is -2.31. The van der Waals surface area contributed by atoms with Crippen LogP contribution in [0.2, 0.25) is 5.02 Å². The molecule has 1 aromatic heterocycles. The molecule has 2 aromatic carbocycles. The van der Waals surface area contributed by atoms with E-state index in [-0.39, 0.29) is 18.2 Å². The molecule has 0 bridgehead atoms. The molecular weight excluding hydrogens is 364 g/mol. The van der Waals surface area contributed by atoms with Gasteiger partial charge in [-0.1, -0.05) is 35.4 Å². The third kappa shape index (κ3) is 2.16. The summed E-state index contributed by atoms with van der Waals surface area (Å²) in [5, 5.41) is 10.8. The molecule has 2 aliphatic rings. The highest BCUT2D eigenvalue weighted by Gasteiger charge is 2.54. The number of hydrogen-bond donors (Lipinski definition) is 2. The SMILES string of the molecule is Cc1ccc2c(c1)[C@]1(CC(=O)Nc3c1cnn3-c1cccc(Cl)c1)C(=O)N2. The summed E-state index contributed by atoms with van der Waals surface area (Å²) >= 11 is 6.11. The molecule has 7 heteroatoms. The summed E-state index contributed by atoms with van der Waals surface area (Å²) in [7, 11) is 0. The predicted octanol–water partition coefficient (Wildman–Crippen LogP) is 3.41. The normalized spacial score (nSPS) is 20.2. The Labute approximate surface area is 160 Å². The van der Waals surface area contributed by atoms with Gasteiger partial charge in [0, 0.05) is 22.7 Å². The lowest BCUT2D eigenvalue weighted by Crippen LogP contribution is -2.43. The number of amides is 2. The Hall–Kier alpha value is -3.12. The first-order chi connectivity index (χ1) is 13.0. The first-order valence-corrected chi connectivity index (χ1v) is 8.94. The van der Waals surface area contributed by atoms with E-state index in [1.54, 1.807) is 23.0 Å². The van der Waals surface area contributed by atoms with Crippen LogP contribution < -0.4 is 10.6 Å². The third-order valence-electron chi connectivity index (χ3n) is 5.24. The summed E-state index contributed by atoms with van der Waals surface area (Å²) in [5.74, 6) is 0.0682. The maximum Gasteiger partial charge on any atom is 0.240 e. The van der Waals surface area contributed by atoms with Gasteiger partial charge < -0.3 is 10.6 Å². The molecule has 0 fully saturated rings. The molecule has 134 valence electrons. The number of fused-ring (bicyclic) bond motifs is 4. The van der Waals surface area contributed by atoms with Crippen molar-refractivity contribution in [1.29, 1.82) is 0 Å². The van der Waals surface area contributed by atoms with Gasteiger partial charge in [0.15, 0.2) is 0 Å². The first-order valence-electron chi connectivity index (χ1n) is 8.56. The van der Waals surface area contributed by atoms with E-state index >= 15 is 0 Å². The minimum Gasteiger partial charge on any atom is -0.325 e. The Morgan fingerprint density at radius 1 is 1.11 bits per heavy atom. The number of benzene rings is 2. The second-order valence-corrected chi connectivity index (χ2v) is 7.37. The number of anilines is 2. The molecule has 2 amide bonds. The summed E-state index contributed by atoms with van der Waals surface area (Å²) in [5.41, 5.74) is 2.90. The number of carbonyl (C=O) groups is 2. The summed E-state index contributed by atoms with van der Waals surface area (Å²) in [6.07, 6.45) is 1.70. The van der Waals surface area contributed by atoms with Crippen LogP contribution in [0.25, 0.3) is 5.69 Å². The molecule has 3 aromatic rings. The van der Waals surface area contributed by atoms with Crippen LogP contribution in [0, 0.1) is 6.92 Å². The summed E-state index contributed by atoms with van der Waals surface area (Å²) < 4.78 is 1.61. The van der Waals surface area contributed by atoms with Gasteiger partial charge in [-0.15, -0.1) is 0 Å². The van der Waals surface area contributed by atoms with Crippen molar-refractivity contribution in [2.24, 2.45) is 0 Å². The van der Waals surface area contributed by atoms with Crippen LogP contribution in [0.15, 0.2) is 48.7 Å². The Balaban J connectivity index is 1.77.